The fourth-order valence-electron chi connectivity index (χ4n) is 1.62. The highest BCUT2D eigenvalue weighted by molar-refractivity contribution is 9.10. The summed E-state index contributed by atoms with van der Waals surface area (Å²) in [6.07, 6.45) is 0. The number of nitrogens with one attached hydrogen (secondary N) is 1. The van der Waals surface area contributed by atoms with Crippen LogP contribution in [0.15, 0.2) is 58.1 Å². The average molecular weight is 335 g/mol. The molecule has 0 saturated carbocycles. The molecule has 2 rings (SSSR count). The summed E-state index contributed by atoms with van der Waals surface area (Å²) in [5.41, 5.74) is 3.83. The molecule has 0 saturated heterocycles. The lowest BCUT2D eigenvalue weighted by atomic mass is 10.1. The van der Waals surface area contributed by atoms with Gasteiger partial charge in [0, 0.05) is 4.47 Å². The number of nitrogens with zero attached hydrogens (tertiary/aromatic N) is 1. The second-order valence-electron chi connectivity index (χ2n) is 4.13. The van der Waals surface area contributed by atoms with Gasteiger partial charge in [-0.1, -0.05) is 40.2 Å². The summed E-state index contributed by atoms with van der Waals surface area (Å²) in [6.45, 7) is 1.77. The van der Waals surface area contributed by atoms with E-state index in [2.05, 4.69) is 26.5 Å². The Morgan fingerprint density at radius 2 is 1.95 bits per heavy atom. The number of benzene rings is 2. The molecule has 20 heavy (non-hydrogen) atoms. The molecule has 0 heterocycles. The molecule has 102 valence electrons. The van der Waals surface area contributed by atoms with Crippen LogP contribution in [0.4, 0.5) is 4.39 Å². The molecule has 0 fully saturated rings. The summed E-state index contributed by atoms with van der Waals surface area (Å²) in [6, 6.07) is 13.3. The van der Waals surface area contributed by atoms with Crippen molar-refractivity contribution in [1.82, 2.24) is 5.43 Å². The Morgan fingerprint density at radius 1 is 1.20 bits per heavy atom. The molecule has 0 spiro atoms. The molecule has 5 heteroatoms. The van der Waals surface area contributed by atoms with E-state index in [0.29, 0.717) is 5.71 Å². The molecule has 0 bridgehead atoms. The van der Waals surface area contributed by atoms with Crippen LogP contribution < -0.4 is 5.43 Å². The SMILES string of the molecule is C/C(=N/NC(=O)c1ccccc1F)c1cccc(Br)c1. The first-order valence-electron chi connectivity index (χ1n) is 5.93. The Morgan fingerprint density at radius 3 is 2.65 bits per heavy atom. The van der Waals surface area contributed by atoms with Gasteiger partial charge in [-0.05, 0) is 36.8 Å². The monoisotopic (exact) mass is 334 g/mol. The largest absolute Gasteiger partial charge is 0.274 e. The van der Waals surface area contributed by atoms with Crippen molar-refractivity contribution in [3.63, 3.8) is 0 Å². The molecular weight excluding hydrogens is 323 g/mol. The van der Waals surface area contributed by atoms with Gasteiger partial charge < -0.3 is 0 Å². The Labute approximate surface area is 124 Å². The van der Waals surface area contributed by atoms with Crippen molar-refractivity contribution < 1.29 is 9.18 Å². The number of carbonyl (C=O) groups excluding carboxylic acids is 1. The Bertz CT molecular complexity index is 670. The van der Waals surface area contributed by atoms with Crippen molar-refractivity contribution >= 4 is 27.5 Å². The lowest BCUT2D eigenvalue weighted by molar-refractivity contribution is 0.0951. The van der Waals surface area contributed by atoms with Crippen LogP contribution in [-0.2, 0) is 0 Å². The van der Waals surface area contributed by atoms with Gasteiger partial charge in [0.1, 0.15) is 5.82 Å². The summed E-state index contributed by atoms with van der Waals surface area (Å²) in [5, 5.41) is 3.98. The average Bonchev–Trinajstić information content (AvgIpc) is 2.45. The molecule has 0 aliphatic rings. The summed E-state index contributed by atoms with van der Waals surface area (Å²) in [7, 11) is 0. The van der Waals surface area contributed by atoms with Crippen LogP contribution in [0.25, 0.3) is 0 Å². The molecule has 2 aromatic rings. The molecule has 3 nitrogen and oxygen atoms in total. The molecule has 2 aromatic carbocycles. The van der Waals surface area contributed by atoms with E-state index >= 15 is 0 Å². The zero-order valence-corrected chi connectivity index (χ0v) is 12.3. The summed E-state index contributed by atoms with van der Waals surface area (Å²) >= 11 is 3.36. The van der Waals surface area contributed by atoms with Crippen LogP contribution in [0.1, 0.15) is 22.8 Å². The van der Waals surface area contributed by atoms with Gasteiger partial charge in [-0.25, -0.2) is 9.82 Å². The van der Waals surface area contributed by atoms with Crippen LogP contribution in [0, 0.1) is 5.82 Å². The molecule has 0 aromatic heterocycles. The van der Waals surface area contributed by atoms with Crippen LogP contribution in [0.2, 0.25) is 0 Å². The second kappa shape index (κ2) is 6.43. The molecule has 0 radical (unpaired) electrons. The third-order valence-corrected chi connectivity index (χ3v) is 3.18. The molecular formula is C15H12BrFN2O. The van der Waals surface area contributed by atoms with Gasteiger partial charge in [0.05, 0.1) is 11.3 Å². The van der Waals surface area contributed by atoms with E-state index in [-0.39, 0.29) is 5.56 Å². The first-order chi connectivity index (χ1) is 9.58. The minimum atomic E-state index is -0.572. The maximum absolute atomic E-state index is 13.4. The fourth-order valence-corrected chi connectivity index (χ4v) is 2.02. The summed E-state index contributed by atoms with van der Waals surface area (Å²) in [5.74, 6) is -1.14. The standard InChI is InChI=1S/C15H12BrFN2O/c1-10(11-5-4-6-12(16)9-11)18-19-15(20)13-7-2-3-8-14(13)17/h2-9H,1H3,(H,19,20)/b18-10-. The lowest BCUT2D eigenvalue weighted by Crippen LogP contribution is -2.20. The third-order valence-electron chi connectivity index (χ3n) is 2.69. The normalized spacial score (nSPS) is 11.2. The Kier molecular flexibility index (Phi) is 4.63. The third kappa shape index (κ3) is 3.51. The summed E-state index contributed by atoms with van der Waals surface area (Å²) in [4.78, 5) is 11.8. The highest BCUT2D eigenvalue weighted by atomic mass is 79.9. The van der Waals surface area contributed by atoms with E-state index < -0.39 is 11.7 Å². The van der Waals surface area contributed by atoms with E-state index in [9.17, 15) is 9.18 Å². The van der Waals surface area contributed by atoms with Gasteiger partial charge in [0.2, 0.25) is 0 Å². The van der Waals surface area contributed by atoms with Crippen molar-refractivity contribution in [2.75, 3.05) is 0 Å². The number of hydrogen-bond donors (Lipinski definition) is 1. The van der Waals surface area contributed by atoms with Crippen LogP contribution >= 0.6 is 15.9 Å². The topological polar surface area (TPSA) is 41.5 Å². The first kappa shape index (κ1) is 14.4. The molecule has 0 atom stereocenters. The zero-order chi connectivity index (χ0) is 14.5. The number of hydrogen-bond acceptors (Lipinski definition) is 2. The van der Waals surface area contributed by atoms with Crippen molar-refractivity contribution in [2.45, 2.75) is 6.92 Å². The van der Waals surface area contributed by atoms with Gasteiger partial charge in [-0.2, -0.15) is 5.10 Å². The number of halogens is 2. The van der Waals surface area contributed by atoms with Gasteiger partial charge >= 0.3 is 0 Å². The molecule has 0 aliphatic carbocycles. The predicted molar refractivity (Wildman–Crippen MR) is 80.2 cm³/mol. The van der Waals surface area contributed by atoms with E-state index in [1.54, 1.807) is 13.0 Å². The molecule has 1 N–H and O–H groups in total. The van der Waals surface area contributed by atoms with Gasteiger partial charge in [-0.15, -0.1) is 0 Å². The highest BCUT2D eigenvalue weighted by Gasteiger charge is 2.09. The lowest BCUT2D eigenvalue weighted by Gasteiger charge is -2.04. The highest BCUT2D eigenvalue weighted by Crippen LogP contribution is 2.12. The van der Waals surface area contributed by atoms with Gasteiger partial charge in [0.25, 0.3) is 5.91 Å². The van der Waals surface area contributed by atoms with Crippen molar-refractivity contribution in [3.8, 4) is 0 Å². The van der Waals surface area contributed by atoms with Crippen molar-refractivity contribution in [1.29, 1.82) is 0 Å². The minimum Gasteiger partial charge on any atom is -0.267 e. The summed E-state index contributed by atoms with van der Waals surface area (Å²) < 4.78 is 14.3. The zero-order valence-electron chi connectivity index (χ0n) is 10.7. The molecule has 1 amide bonds. The van der Waals surface area contributed by atoms with Crippen molar-refractivity contribution in [2.24, 2.45) is 5.10 Å². The second-order valence-corrected chi connectivity index (χ2v) is 5.04. The Balaban J connectivity index is 2.13. The quantitative estimate of drug-likeness (QED) is 0.674. The minimum absolute atomic E-state index is 0.0294. The van der Waals surface area contributed by atoms with Crippen molar-refractivity contribution in [3.05, 3.63) is 69.9 Å². The van der Waals surface area contributed by atoms with Crippen LogP contribution in [0.5, 0.6) is 0 Å². The Hall–Kier alpha value is -2.01. The smallest absolute Gasteiger partial charge is 0.267 e. The molecule has 0 aliphatic heterocycles. The van der Waals surface area contributed by atoms with E-state index in [1.807, 2.05) is 24.3 Å². The number of rotatable bonds is 3. The van der Waals surface area contributed by atoms with E-state index in [0.717, 1.165) is 10.0 Å². The van der Waals surface area contributed by atoms with Gasteiger partial charge in [-0.3, -0.25) is 4.79 Å². The van der Waals surface area contributed by atoms with Crippen LogP contribution in [-0.4, -0.2) is 11.6 Å². The maximum Gasteiger partial charge on any atom is 0.274 e. The van der Waals surface area contributed by atoms with E-state index in [1.165, 1.54) is 18.2 Å². The van der Waals surface area contributed by atoms with Gasteiger partial charge in [0.15, 0.2) is 0 Å². The maximum atomic E-state index is 13.4. The van der Waals surface area contributed by atoms with Crippen LogP contribution in [0.3, 0.4) is 0 Å². The van der Waals surface area contributed by atoms with E-state index in [4.69, 9.17) is 0 Å². The predicted octanol–water partition coefficient (Wildman–Crippen LogP) is 3.74. The number of hydrazone groups is 1. The molecule has 0 unspecified atom stereocenters. The number of amides is 1. The fraction of sp³-hybridized carbons (Fsp3) is 0.0667. The first-order valence-corrected chi connectivity index (χ1v) is 6.72. The number of carbonyl (C=O) groups is 1.